The Kier molecular flexibility index (Phi) is 2.98. The molecule has 4 fully saturated rings. The van der Waals surface area contributed by atoms with Gasteiger partial charge in [0.25, 0.3) is 0 Å². The van der Waals surface area contributed by atoms with Gasteiger partial charge in [0.1, 0.15) is 16.8 Å². The lowest BCUT2D eigenvalue weighted by atomic mass is 9.44. The highest BCUT2D eigenvalue weighted by Gasteiger charge is 2.70. The Bertz CT molecular complexity index is 1200. The number of imidazole rings is 1. The van der Waals surface area contributed by atoms with E-state index in [9.17, 15) is 12.8 Å². The van der Waals surface area contributed by atoms with E-state index in [1.165, 1.54) is 0 Å². The minimum Gasteiger partial charge on any atom is -0.346 e. The lowest BCUT2D eigenvalue weighted by Gasteiger charge is -2.70. The van der Waals surface area contributed by atoms with Gasteiger partial charge in [-0.3, -0.25) is 0 Å². The zero-order valence-corrected chi connectivity index (χ0v) is 16.4. The summed E-state index contributed by atoms with van der Waals surface area (Å²) in [5, 5.41) is 1.04. The summed E-state index contributed by atoms with van der Waals surface area (Å²) in [7, 11) is -3.39. The molecule has 0 aromatic carbocycles. The quantitative estimate of drug-likeness (QED) is 0.685. The number of alkyl halides is 1. The average molecular weight is 403 g/mol. The van der Waals surface area contributed by atoms with Crippen LogP contribution in [0.4, 0.5) is 4.39 Å². The monoisotopic (exact) mass is 403 g/mol. The third-order valence-corrected chi connectivity index (χ3v) is 8.52. The zero-order valence-electron chi connectivity index (χ0n) is 15.6. The molecule has 0 spiro atoms. The van der Waals surface area contributed by atoms with E-state index >= 15 is 0 Å². The van der Waals surface area contributed by atoms with Crippen molar-refractivity contribution in [1.29, 1.82) is 0 Å². The number of hydrogen-bond acceptors (Lipinski definition) is 4. The third-order valence-electron chi connectivity index (χ3n) is 6.86. The smallest absolute Gasteiger partial charge is 0.212 e. The Balaban J connectivity index is 1.21. The lowest BCUT2D eigenvalue weighted by molar-refractivity contribution is -0.122. The minimum atomic E-state index is -3.39. The summed E-state index contributed by atoms with van der Waals surface area (Å²) < 4.78 is 43.9. The first-order valence-corrected chi connectivity index (χ1v) is 11.3. The lowest BCUT2D eigenvalue weighted by Crippen LogP contribution is -2.78. The molecule has 0 saturated heterocycles. The number of rotatable bonds is 5. The first kappa shape index (κ1) is 16.9. The molecular weight excluding hydrogens is 381 g/mol. The summed E-state index contributed by atoms with van der Waals surface area (Å²) in [5.41, 5.74) is 1.13. The van der Waals surface area contributed by atoms with Crippen molar-refractivity contribution in [2.75, 3.05) is 5.75 Å². The molecule has 3 heterocycles. The summed E-state index contributed by atoms with van der Waals surface area (Å²) in [4.78, 5) is 12.0. The highest BCUT2D eigenvalue weighted by atomic mass is 32.2. The molecule has 4 aliphatic rings. The highest BCUT2D eigenvalue weighted by molar-refractivity contribution is 7.89. The van der Waals surface area contributed by atoms with Crippen LogP contribution < -0.4 is 4.72 Å². The van der Waals surface area contributed by atoms with E-state index in [1.54, 1.807) is 13.1 Å². The maximum Gasteiger partial charge on any atom is 0.212 e. The zero-order chi connectivity index (χ0) is 19.4. The van der Waals surface area contributed by atoms with Crippen LogP contribution in [-0.4, -0.2) is 44.9 Å². The van der Waals surface area contributed by atoms with Crippen molar-refractivity contribution in [3.05, 3.63) is 24.8 Å². The second-order valence-electron chi connectivity index (χ2n) is 9.45. The molecule has 9 heteroatoms. The average Bonchev–Trinajstić information content (AvgIpc) is 3.13. The van der Waals surface area contributed by atoms with Gasteiger partial charge in [-0.05, 0) is 51.0 Å². The molecule has 7 nitrogen and oxygen atoms in total. The van der Waals surface area contributed by atoms with Gasteiger partial charge in [-0.15, -0.1) is 0 Å². The van der Waals surface area contributed by atoms with Crippen molar-refractivity contribution in [1.82, 2.24) is 24.2 Å². The molecular formula is C19H22FN5O2S. The van der Waals surface area contributed by atoms with Crippen molar-refractivity contribution in [3.8, 4) is 0 Å². The number of H-pyrrole nitrogens is 1. The third kappa shape index (κ3) is 2.26. The predicted molar refractivity (Wildman–Crippen MR) is 103 cm³/mol. The number of aromatic nitrogens is 4. The van der Waals surface area contributed by atoms with Crippen LogP contribution in [0.3, 0.4) is 0 Å². The number of halogens is 1. The Hall–Kier alpha value is -2.00. The molecule has 28 heavy (non-hydrogen) atoms. The van der Waals surface area contributed by atoms with Gasteiger partial charge in [0.05, 0.1) is 29.3 Å². The summed E-state index contributed by atoms with van der Waals surface area (Å²) in [5.74, 6) is -0.0361. The van der Waals surface area contributed by atoms with Gasteiger partial charge >= 0.3 is 0 Å². The minimum absolute atomic E-state index is 0.0326. The number of fused-ring (bicyclic) bond motifs is 3. The number of nitrogens with one attached hydrogen (secondary N) is 2. The number of sulfonamides is 1. The molecule has 148 valence electrons. The second kappa shape index (κ2) is 4.94. The van der Waals surface area contributed by atoms with Gasteiger partial charge < -0.3 is 9.55 Å². The van der Waals surface area contributed by atoms with Crippen LogP contribution in [-0.2, 0) is 15.6 Å². The molecule has 4 aliphatic carbocycles. The summed E-state index contributed by atoms with van der Waals surface area (Å²) >= 11 is 0. The SMILES string of the molecule is CC1(F)CC(CS(=O)(=O)NC23CC(n4cnc5cnc6[nH]ccc6c54)(C2)C3)C1. The number of nitrogens with zero attached hydrogens (tertiary/aromatic N) is 3. The predicted octanol–water partition coefficient (Wildman–Crippen LogP) is 2.60. The van der Waals surface area contributed by atoms with Crippen molar-refractivity contribution in [2.45, 2.75) is 55.8 Å². The Morgan fingerprint density at radius 2 is 2.07 bits per heavy atom. The van der Waals surface area contributed by atoms with E-state index in [2.05, 4.69) is 24.2 Å². The molecule has 0 amide bonds. The molecule has 4 saturated carbocycles. The van der Waals surface area contributed by atoms with E-state index in [4.69, 9.17) is 0 Å². The van der Waals surface area contributed by atoms with Gasteiger partial charge in [0.15, 0.2) is 0 Å². The number of aromatic amines is 1. The fraction of sp³-hybridized carbons (Fsp3) is 0.579. The molecule has 0 unspecified atom stereocenters. The molecule has 7 rings (SSSR count). The molecule has 3 aromatic heterocycles. The van der Waals surface area contributed by atoms with Gasteiger partial charge in [-0.2, -0.15) is 0 Å². The van der Waals surface area contributed by atoms with Crippen molar-refractivity contribution < 1.29 is 12.8 Å². The van der Waals surface area contributed by atoms with Crippen LogP contribution in [0.1, 0.15) is 39.0 Å². The number of pyridine rings is 1. The Morgan fingerprint density at radius 1 is 1.32 bits per heavy atom. The van der Waals surface area contributed by atoms with E-state index < -0.39 is 15.7 Å². The maximum atomic E-state index is 13.6. The summed E-state index contributed by atoms with van der Waals surface area (Å²) in [6.45, 7) is 1.54. The fourth-order valence-electron chi connectivity index (χ4n) is 5.91. The van der Waals surface area contributed by atoms with Gasteiger partial charge in [-0.1, -0.05) is 0 Å². The largest absolute Gasteiger partial charge is 0.346 e. The molecule has 0 radical (unpaired) electrons. The first-order valence-electron chi connectivity index (χ1n) is 9.69. The normalized spacial score (nSPS) is 36.9. The van der Waals surface area contributed by atoms with E-state index in [0.717, 1.165) is 41.3 Å². The Labute approximate surface area is 161 Å². The van der Waals surface area contributed by atoms with Crippen molar-refractivity contribution in [2.24, 2.45) is 5.92 Å². The van der Waals surface area contributed by atoms with Crippen LogP contribution in [0.25, 0.3) is 22.1 Å². The van der Waals surface area contributed by atoms with Crippen LogP contribution in [0.15, 0.2) is 24.8 Å². The molecule has 3 aromatic rings. The highest BCUT2D eigenvalue weighted by Crippen LogP contribution is 2.66. The van der Waals surface area contributed by atoms with E-state index in [-0.39, 0.29) is 22.7 Å². The van der Waals surface area contributed by atoms with Gasteiger partial charge in [-0.25, -0.2) is 27.5 Å². The van der Waals surface area contributed by atoms with E-state index in [0.29, 0.717) is 12.8 Å². The second-order valence-corrected chi connectivity index (χ2v) is 11.2. The Morgan fingerprint density at radius 3 is 2.79 bits per heavy atom. The summed E-state index contributed by atoms with van der Waals surface area (Å²) in [6.07, 6.45) is 8.48. The van der Waals surface area contributed by atoms with Gasteiger partial charge in [0, 0.05) is 17.1 Å². The number of hydrogen-bond donors (Lipinski definition) is 2. The van der Waals surface area contributed by atoms with E-state index in [1.807, 2.05) is 18.6 Å². The van der Waals surface area contributed by atoms with Crippen LogP contribution >= 0.6 is 0 Å². The van der Waals surface area contributed by atoms with Crippen LogP contribution in [0.5, 0.6) is 0 Å². The van der Waals surface area contributed by atoms with Crippen LogP contribution in [0.2, 0.25) is 0 Å². The molecule has 0 atom stereocenters. The first-order chi connectivity index (χ1) is 13.2. The topological polar surface area (TPSA) is 92.7 Å². The fourth-order valence-corrected chi connectivity index (χ4v) is 7.73. The molecule has 2 N–H and O–H groups in total. The van der Waals surface area contributed by atoms with Crippen molar-refractivity contribution in [3.63, 3.8) is 0 Å². The van der Waals surface area contributed by atoms with Crippen LogP contribution in [0, 0.1) is 5.92 Å². The van der Waals surface area contributed by atoms with Gasteiger partial charge in [0.2, 0.25) is 10.0 Å². The summed E-state index contributed by atoms with van der Waals surface area (Å²) in [6, 6.07) is 2.00. The molecule has 0 aliphatic heterocycles. The molecule has 2 bridgehead atoms. The maximum absolute atomic E-state index is 13.6. The van der Waals surface area contributed by atoms with Crippen molar-refractivity contribution >= 4 is 32.1 Å². The standard InChI is InChI=1S/C19H22FN5O2S/c1-17(20)4-12(5-17)7-28(26,27)24-18-8-19(9-18,10-18)25-11-23-14-6-22-16-13(15(14)25)2-3-21-16/h2-3,6,11-12,24H,4-5,7-10H2,1H3,(H,21,22).